The van der Waals surface area contributed by atoms with E-state index < -0.39 is 41.3 Å². The van der Waals surface area contributed by atoms with E-state index in [9.17, 15) is 27.2 Å². The summed E-state index contributed by atoms with van der Waals surface area (Å²) in [4.78, 5) is 26.3. The van der Waals surface area contributed by atoms with Gasteiger partial charge >= 0.3 is 12.5 Å². The molecule has 1 fully saturated rings. The number of halogens is 4. The fourth-order valence-corrected chi connectivity index (χ4v) is 3.26. The van der Waals surface area contributed by atoms with Gasteiger partial charge in [0, 0.05) is 19.0 Å². The number of hydrogen-bond donors (Lipinski definition) is 0. The Morgan fingerprint density at radius 2 is 1.67 bits per heavy atom. The Morgan fingerprint density at radius 3 is 2.30 bits per heavy atom. The minimum absolute atomic E-state index is 0.121. The lowest BCUT2D eigenvalue weighted by Gasteiger charge is -2.30. The number of alkyl halides is 3. The lowest BCUT2D eigenvalue weighted by molar-refractivity contribution is -0.275. The Hall–Kier alpha value is -3.10. The summed E-state index contributed by atoms with van der Waals surface area (Å²) < 4.78 is 60.3. The lowest BCUT2D eigenvalue weighted by Crippen LogP contribution is -2.40. The van der Waals surface area contributed by atoms with E-state index in [0.29, 0.717) is 0 Å². The first-order chi connectivity index (χ1) is 14.2. The molecule has 1 aliphatic rings. The molecule has 0 bridgehead atoms. The number of ether oxygens (including phenoxy) is 2. The number of carbonyl (C=O) groups excluding carboxylic acids is 2. The van der Waals surface area contributed by atoms with Gasteiger partial charge in [-0.25, -0.2) is 9.18 Å². The van der Waals surface area contributed by atoms with Crippen LogP contribution in [0.5, 0.6) is 5.75 Å². The number of nitrogens with zero attached hydrogens (tertiary/aromatic N) is 1. The van der Waals surface area contributed by atoms with Crippen LogP contribution in [0.1, 0.15) is 28.8 Å². The molecule has 0 saturated carbocycles. The van der Waals surface area contributed by atoms with Crippen molar-refractivity contribution in [1.29, 1.82) is 0 Å². The third-order valence-electron chi connectivity index (χ3n) is 4.78. The smallest absolute Gasteiger partial charge is 0.445 e. The Balaban J connectivity index is 1.56. The summed E-state index contributed by atoms with van der Waals surface area (Å²) in [5.74, 6) is -3.61. The molecule has 2 aromatic rings. The summed E-state index contributed by atoms with van der Waals surface area (Å²) in [6.07, 6.45) is -5.07. The molecule has 2 aromatic carbocycles. The Kier molecular flexibility index (Phi) is 6.59. The van der Waals surface area contributed by atoms with Crippen molar-refractivity contribution in [2.75, 3.05) is 13.1 Å². The first kappa shape index (κ1) is 21.6. The molecular weight excluding hydrogens is 406 g/mol. The van der Waals surface area contributed by atoms with Gasteiger partial charge in [0.2, 0.25) is 0 Å². The molecular formula is C21H19F4NO4. The van der Waals surface area contributed by atoms with Gasteiger partial charge in [-0.15, -0.1) is 13.2 Å². The average molecular weight is 425 g/mol. The van der Waals surface area contributed by atoms with Gasteiger partial charge in [0.25, 0.3) is 0 Å². The van der Waals surface area contributed by atoms with Crippen LogP contribution in [0.25, 0.3) is 0 Å². The van der Waals surface area contributed by atoms with Crippen molar-refractivity contribution in [3.05, 3.63) is 65.5 Å². The van der Waals surface area contributed by atoms with Gasteiger partial charge in [-0.3, -0.25) is 4.79 Å². The molecule has 1 saturated heterocycles. The second-order valence-corrected chi connectivity index (χ2v) is 6.83. The summed E-state index contributed by atoms with van der Waals surface area (Å²) in [5, 5.41) is 0. The van der Waals surface area contributed by atoms with Crippen LogP contribution < -0.4 is 4.74 Å². The first-order valence-electron chi connectivity index (χ1n) is 9.28. The maximum atomic E-state index is 14.3. The Morgan fingerprint density at radius 1 is 1.00 bits per heavy atom. The molecule has 0 radical (unpaired) electrons. The van der Waals surface area contributed by atoms with Crippen molar-refractivity contribution in [2.45, 2.75) is 25.8 Å². The predicted molar refractivity (Wildman–Crippen MR) is 98.3 cm³/mol. The van der Waals surface area contributed by atoms with E-state index in [1.807, 2.05) is 30.3 Å². The van der Waals surface area contributed by atoms with Crippen LogP contribution in [0, 0.1) is 11.7 Å². The van der Waals surface area contributed by atoms with Gasteiger partial charge in [-0.1, -0.05) is 36.4 Å². The highest BCUT2D eigenvalue weighted by Crippen LogP contribution is 2.30. The number of likely N-dealkylation sites (tertiary alicyclic amines) is 1. The molecule has 1 heterocycles. The highest BCUT2D eigenvalue weighted by atomic mass is 19.4. The average Bonchev–Trinajstić information content (AvgIpc) is 2.73. The van der Waals surface area contributed by atoms with Gasteiger partial charge in [-0.2, -0.15) is 0 Å². The number of rotatable bonds is 5. The van der Waals surface area contributed by atoms with Crippen LogP contribution in [0.4, 0.5) is 22.4 Å². The van der Waals surface area contributed by atoms with E-state index in [1.165, 1.54) is 4.90 Å². The molecule has 5 nitrogen and oxygen atoms in total. The second-order valence-electron chi connectivity index (χ2n) is 6.83. The number of carbonyl (C=O) groups is 2. The van der Waals surface area contributed by atoms with E-state index >= 15 is 0 Å². The van der Waals surface area contributed by atoms with Gasteiger partial charge in [-0.05, 0) is 30.5 Å². The largest absolute Gasteiger partial charge is 0.573 e. The normalized spacial score (nSPS) is 15.0. The molecule has 0 N–H and O–H groups in total. The van der Waals surface area contributed by atoms with Crippen LogP contribution in [-0.2, 0) is 11.3 Å². The molecule has 0 aliphatic carbocycles. The molecule has 0 unspecified atom stereocenters. The molecule has 1 aliphatic heterocycles. The van der Waals surface area contributed by atoms with Crippen LogP contribution in [0.15, 0.2) is 48.5 Å². The van der Waals surface area contributed by atoms with Gasteiger partial charge in [0.05, 0.1) is 5.56 Å². The van der Waals surface area contributed by atoms with E-state index in [4.69, 9.17) is 4.74 Å². The van der Waals surface area contributed by atoms with E-state index in [1.54, 1.807) is 0 Å². The highest BCUT2D eigenvalue weighted by molar-refractivity contribution is 5.98. The van der Waals surface area contributed by atoms with Crippen molar-refractivity contribution >= 4 is 11.9 Å². The number of amides is 1. The molecule has 160 valence electrons. The number of Topliss-reactive ketones (excluding diaryl/α,β-unsaturated/α-hetero) is 1. The third-order valence-corrected chi connectivity index (χ3v) is 4.78. The number of hydrogen-bond acceptors (Lipinski definition) is 4. The fraction of sp³-hybridized carbons (Fsp3) is 0.333. The topological polar surface area (TPSA) is 55.8 Å². The molecule has 1 amide bonds. The monoisotopic (exact) mass is 425 g/mol. The summed E-state index contributed by atoms with van der Waals surface area (Å²) in [6, 6.07) is 12.2. The van der Waals surface area contributed by atoms with Gasteiger partial charge < -0.3 is 14.4 Å². The lowest BCUT2D eigenvalue weighted by atomic mass is 9.88. The minimum atomic E-state index is -5.06. The highest BCUT2D eigenvalue weighted by Gasteiger charge is 2.35. The van der Waals surface area contributed by atoms with Crippen molar-refractivity contribution < 1.29 is 36.6 Å². The second kappa shape index (κ2) is 9.15. The Bertz CT molecular complexity index is 894. The molecule has 0 atom stereocenters. The predicted octanol–water partition coefficient (Wildman–Crippen LogP) is 4.96. The van der Waals surface area contributed by atoms with E-state index in [2.05, 4.69) is 4.74 Å². The minimum Gasteiger partial charge on any atom is -0.445 e. The van der Waals surface area contributed by atoms with Crippen LogP contribution in [0.3, 0.4) is 0 Å². The van der Waals surface area contributed by atoms with Gasteiger partial charge in [0.15, 0.2) is 17.3 Å². The zero-order chi connectivity index (χ0) is 21.7. The molecule has 3 rings (SSSR count). The maximum absolute atomic E-state index is 14.3. The summed E-state index contributed by atoms with van der Waals surface area (Å²) in [7, 11) is 0. The molecule has 0 aromatic heterocycles. The third kappa shape index (κ3) is 5.49. The standard InChI is InChI=1S/C21H19F4NO4/c22-18-16(7-4-8-17(18)30-21(23,24)25)19(27)15-9-11-26(12-10-15)20(28)29-13-14-5-2-1-3-6-14/h1-8,15H,9-13H2. The summed E-state index contributed by atoms with van der Waals surface area (Å²) in [6.45, 7) is 0.574. The van der Waals surface area contributed by atoms with Crippen molar-refractivity contribution in [3.8, 4) is 5.75 Å². The van der Waals surface area contributed by atoms with Crippen molar-refractivity contribution in [3.63, 3.8) is 0 Å². The SMILES string of the molecule is O=C(c1cccc(OC(F)(F)F)c1F)C1CCN(C(=O)OCc2ccccc2)CC1. The maximum Gasteiger partial charge on any atom is 0.573 e. The first-order valence-corrected chi connectivity index (χ1v) is 9.28. The molecule has 30 heavy (non-hydrogen) atoms. The van der Waals surface area contributed by atoms with E-state index in [0.717, 1.165) is 23.8 Å². The Labute approximate surface area is 170 Å². The van der Waals surface area contributed by atoms with Crippen LogP contribution in [-0.4, -0.2) is 36.2 Å². The van der Waals surface area contributed by atoms with Crippen molar-refractivity contribution in [2.24, 2.45) is 5.92 Å². The van der Waals surface area contributed by atoms with E-state index in [-0.39, 0.29) is 32.5 Å². The van der Waals surface area contributed by atoms with Crippen molar-refractivity contribution in [1.82, 2.24) is 4.90 Å². The zero-order valence-corrected chi connectivity index (χ0v) is 15.8. The summed E-state index contributed by atoms with van der Waals surface area (Å²) >= 11 is 0. The summed E-state index contributed by atoms with van der Waals surface area (Å²) in [5.41, 5.74) is 0.384. The van der Waals surface area contributed by atoms with Crippen LogP contribution in [0.2, 0.25) is 0 Å². The number of benzene rings is 2. The molecule has 0 spiro atoms. The zero-order valence-electron chi connectivity index (χ0n) is 15.8. The number of piperidine rings is 1. The van der Waals surface area contributed by atoms with Gasteiger partial charge in [0.1, 0.15) is 6.61 Å². The fourth-order valence-electron chi connectivity index (χ4n) is 3.26. The molecule has 9 heteroatoms. The number of ketones is 1. The quantitative estimate of drug-likeness (QED) is 0.502. The van der Waals surface area contributed by atoms with Crippen LogP contribution >= 0.6 is 0 Å².